The van der Waals surface area contributed by atoms with Gasteiger partial charge in [0, 0.05) is 44.7 Å². The van der Waals surface area contributed by atoms with Crippen molar-refractivity contribution in [2.24, 2.45) is 0 Å². The fourth-order valence-corrected chi connectivity index (χ4v) is 2.91. The highest BCUT2D eigenvalue weighted by atomic mass is 16.5. The Bertz CT molecular complexity index is 456. The van der Waals surface area contributed by atoms with Gasteiger partial charge in [0.05, 0.1) is 6.20 Å². The summed E-state index contributed by atoms with van der Waals surface area (Å²) in [5.74, 6) is -0.0257. The van der Waals surface area contributed by atoms with Gasteiger partial charge in [-0.05, 0) is 33.4 Å². The van der Waals surface area contributed by atoms with Gasteiger partial charge in [-0.2, -0.15) is 0 Å². The predicted molar refractivity (Wildman–Crippen MR) is 80.1 cm³/mol. The normalized spacial score (nSPS) is 18.0. The molecule has 1 aliphatic heterocycles. The number of amides is 1. The van der Waals surface area contributed by atoms with E-state index in [-0.39, 0.29) is 11.4 Å². The molecular formula is C15H24N4O2. The maximum atomic E-state index is 12.4. The second-order valence-electron chi connectivity index (χ2n) is 5.74. The molecule has 1 amide bonds. The van der Waals surface area contributed by atoms with Crippen LogP contribution in [-0.4, -0.2) is 72.1 Å². The van der Waals surface area contributed by atoms with Crippen LogP contribution in [0.4, 0.5) is 0 Å². The van der Waals surface area contributed by atoms with Crippen molar-refractivity contribution in [2.45, 2.75) is 24.8 Å². The number of ether oxygens (including phenoxy) is 1. The van der Waals surface area contributed by atoms with Gasteiger partial charge < -0.3 is 14.5 Å². The van der Waals surface area contributed by atoms with E-state index >= 15 is 0 Å². The molecule has 1 fully saturated rings. The highest BCUT2D eigenvalue weighted by molar-refractivity contribution is 5.92. The van der Waals surface area contributed by atoms with Crippen molar-refractivity contribution in [2.75, 3.05) is 40.9 Å². The van der Waals surface area contributed by atoms with E-state index in [1.54, 1.807) is 19.5 Å². The summed E-state index contributed by atoms with van der Waals surface area (Å²) in [6.45, 7) is 2.24. The Kier molecular flexibility index (Phi) is 5.25. The Balaban J connectivity index is 2.00. The van der Waals surface area contributed by atoms with E-state index in [1.165, 1.54) is 6.20 Å². The zero-order valence-corrected chi connectivity index (χ0v) is 13.1. The molecule has 0 saturated carbocycles. The van der Waals surface area contributed by atoms with Crippen LogP contribution in [0.2, 0.25) is 0 Å². The van der Waals surface area contributed by atoms with E-state index in [1.807, 2.05) is 4.90 Å². The maximum Gasteiger partial charge on any atom is 0.274 e. The molecule has 0 atom stereocenters. The lowest BCUT2D eigenvalue weighted by Gasteiger charge is -2.46. The number of rotatable bonds is 5. The molecule has 0 aliphatic carbocycles. The fourth-order valence-electron chi connectivity index (χ4n) is 2.91. The zero-order chi connectivity index (χ0) is 15.3. The van der Waals surface area contributed by atoms with Gasteiger partial charge in [0.2, 0.25) is 0 Å². The lowest BCUT2D eigenvalue weighted by molar-refractivity contribution is 0.0251. The SMILES string of the molecule is COCCC1(N(C)C)CCN(C(=O)c2cnccn2)CC1. The van der Waals surface area contributed by atoms with Crippen molar-refractivity contribution < 1.29 is 9.53 Å². The molecule has 1 aliphatic rings. The standard InChI is InChI=1S/C15H24N4O2/c1-18(2)15(6-11-21-3)4-9-19(10-5-15)14(20)13-12-16-7-8-17-13/h7-8,12H,4-6,9-11H2,1-3H3. The summed E-state index contributed by atoms with van der Waals surface area (Å²) < 4.78 is 5.24. The highest BCUT2D eigenvalue weighted by Gasteiger charge is 2.37. The van der Waals surface area contributed by atoms with E-state index in [4.69, 9.17) is 4.74 Å². The number of carbonyl (C=O) groups excluding carboxylic acids is 1. The molecule has 6 heteroatoms. The number of nitrogens with zero attached hydrogens (tertiary/aromatic N) is 4. The largest absolute Gasteiger partial charge is 0.385 e. The van der Waals surface area contributed by atoms with E-state index in [9.17, 15) is 4.79 Å². The van der Waals surface area contributed by atoms with Crippen LogP contribution in [0.25, 0.3) is 0 Å². The molecule has 0 spiro atoms. The molecule has 0 bridgehead atoms. The first-order valence-corrected chi connectivity index (χ1v) is 7.31. The molecule has 0 unspecified atom stereocenters. The Morgan fingerprint density at radius 2 is 2.10 bits per heavy atom. The monoisotopic (exact) mass is 292 g/mol. The Morgan fingerprint density at radius 3 is 2.62 bits per heavy atom. The van der Waals surface area contributed by atoms with Gasteiger partial charge in [-0.15, -0.1) is 0 Å². The molecule has 1 aromatic rings. The van der Waals surface area contributed by atoms with Gasteiger partial charge in [-0.25, -0.2) is 4.98 Å². The summed E-state index contributed by atoms with van der Waals surface area (Å²) in [6, 6.07) is 0. The van der Waals surface area contributed by atoms with Crippen molar-refractivity contribution in [3.63, 3.8) is 0 Å². The lowest BCUT2D eigenvalue weighted by atomic mass is 9.83. The minimum absolute atomic E-state index is 0.0257. The van der Waals surface area contributed by atoms with Crippen LogP contribution in [0.5, 0.6) is 0 Å². The average molecular weight is 292 g/mol. The van der Waals surface area contributed by atoms with Crippen LogP contribution in [-0.2, 0) is 4.74 Å². The first-order valence-electron chi connectivity index (χ1n) is 7.31. The van der Waals surface area contributed by atoms with E-state index in [0.29, 0.717) is 5.69 Å². The maximum absolute atomic E-state index is 12.4. The predicted octanol–water partition coefficient (Wildman–Crippen LogP) is 1.05. The molecule has 1 saturated heterocycles. The van der Waals surface area contributed by atoms with Crippen molar-refractivity contribution in [3.8, 4) is 0 Å². The third kappa shape index (κ3) is 3.57. The summed E-state index contributed by atoms with van der Waals surface area (Å²) in [4.78, 5) is 24.6. The van der Waals surface area contributed by atoms with E-state index < -0.39 is 0 Å². The number of aromatic nitrogens is 2. The van der Waals surface area contributed by atoms with Gasteiger partial charge in [0.15, 0.2) is 0 Å². The fraction of sp³-hybridized carbons (Fsp3) is 0.667. The molecule has 0 aromatic carbocycles. The second-order valence-corrected chi connectivity index (χ2v) is 5.74. The zero-order valence-electron chi connectivity index (χ0n) is 13.1. The highest BCUT2D eigenvalue weighted by Crippen LogP contribution is 2.31. The van der Waals surface area contributed by atoms with Gasteiger partial charge in [-0.1, -0.05) is 0 Å². The molecule has 21 heavy (non-hydrogen) atoms. The number of carbonyl (C=O) groups is 1. The summed E-state index contributed by atoms with van der Waals surface area (Å²) in [5, 5.41) is 0. The molecule has 2 rings (SSSR count). The van der Waals surface area contributed by atoms with Crippen molar-refractivity contribution in [3.05, 3.63) is 24.3 Å². The van der Waals surface area contributed by atoms with Crippen LogP contribution in [0.3, 0.4) is 0 Å². The number of hydrogen-bond acceptors (Lipinski definition) is 5. The number of hydrogen-bond donors (Lipinski definition) is 0. The molecule has 0 N–H and O–H groups in total. The van der Waals surface area contributed by atoms with Gasteiger partial charge in [0.1, 0.15) is 5.69 Å². The van der Waals surface area contributed by atoms with Gasteiger partial charge >= 0.3 is 0 Å². The lowest BCUT2D eigenvalue weighted by Crippen LogP contribution is -2.54. The molecule has 2 heterocycles. The molecule has 6 nitrogen and oxygen atoms in total. The smallest absolute Gasteiger partial charge is 0.274 e. The van der Waals surface area contributed by atoms with E-state index in [0.717, 1.165) is 39.0 Å². The summed E-state index contributed by atoms with van der Waals surface area (Å²) in [6.07, 6.45) is 7.56. The van der Waals surface area contributed by atoms with Crippen LogP contribution in [0.15, 0.2) is 18.6 Å². The van der Waals surface area contributed by atoms with Gasteiger partial charge in [-0.3, -0.25) is 9.78 Å². The Labute approximate surface area is 126 Å². The molecule has 116 valence electrons. The quantitative estimate of drug-likeness (QED) is 0.812. The van der Waals surface area contributed by atoms with Crippen LogP contribution in [0, 0.1) is 0 Å². The van der Waals surface area contributed by atoms with Crippen LogP contribution >= 0.6 is 0 Å². The van der Waals surface area contributed by atoms with Crippen LogP contribution < -0.4 is 0 Å². The first kappa shape index (κ1) is 15.9. The topological polar surface area (TPSA) is 58.6 Å². The number of likely N-dealkylation sites (tertiary alicyclic amines) is 1. The summed E-state index contributed by atoms with van der Waals surface area (Å²) in [5.41, 5.74) is 0.543. The molecule has 1 aromatic heterocycles. The first-order chi connectivity index (χ1) is 10.1. The van der Waals surface area contributed by atoms with E-state index in [2.05, 4.69) is 29.0 Å². The summed E-state index contributed by atoms with van der Waals surface area (Å²) >= 11 is 0. The van der Waals surface area contributed by atoms with Crippen molar-refractivity contribution in [1.82, 2.24) is 19.8 Å². The summed E-state index contributed by atoms with van der Waals surface area (Å²) in [7, 11) is 5.95. The second kappa shape index (κ2) is 6.95. The van der Waals surface area contributed by atoms with Crippen molar-refractivity contribution >= 4 is 5.91 Å². The Morgan fingerprint density at radius 1 is 1.38 bits per heavy atom. The Hall–Kier alpha value is -1.53. The third-order valence-electron chi connectivity index (χ3n) is 4.48. The van der Waals surface area contributed by atoms with Gasteiger partial charge in [0.25, 0.3) is 5.91 Å². The number of piperidine rings is 1. The average Bonchev–Trinajstić information content (AvgIpc) is 2.53. The minimum Gasteiger partial charge on any atom is -0.385 e. The van der Waals surface area contributed by atoms with Crippen molar-refractivity contribution in [1.29, 1.82) is 0 Å². The minimum atomic E-state index is -0.0257. The third-order valence-corrected chi connectivity index (χ3v) is 4.48. The molecule has 0 radical (unpaired) electrons. The number of methoxy groups -OCH3 is 1. The van der Waals surface area contributed by atoms with Crippen LogP contribution in [0.1, 0.15) is 29.8 Å². The molecular weight excluding hydrogens is 268 g/mol.